The molecule has 0 saturated heterocycles. The van der Waals surface area contributed by atoms with Crippen molar-refractivity contribution in [1.29, 1.82) is 0 Å². The van der Waals surface area contributed by atoms with Gasteiger partial charge in [0.15, 0.2) is 37.2 Å². The van der Waals surface area contributed by atoms with Gasteiger partial charge < -0.3 is 0 Å². The minimum Gasteiger partial charge on any atom is -0.201 e. The molecule has 0 bridgehead atoms. The molecule has 0 aliphatic rings. The SMILES string of the molecule is CCc1c[n+](C)c(-c2ccccc2C)cc1C.CCc1cc(-c2ccccc2C)[n+](C)cc1C.[2H]C([2H])(C)c1c[n+](C)c(-c2ccccc2C)cc1C.[2H]C([2H])(C)c1c[n+](C)c(-c2ccccc2C)cc1C.[2H]C([2H])([2H])c1c[n+](C)c(-c2ccccc2C)cc1C([2H])([2H])C.[2H]C([2H])([2H])c1c[n+](C)c(-c2ccccc2C)cc1C([2H])([2H])C. The molecule has 12 rings (SSSR count). The Labute approximate surface area is 635 Å². The fourth-order valence-electron chi connectivity index (χ4n) is 12.9. The van der Waals surface area contributed by atoms with Crippen LogP contribution in [0.5, 0.6) is 0 Å². The summed E-state index contributed by atoms with van der Waals surface area (Å²) in [6.45, 7) is 26.5. The van der Waals surface area contributed by atoms with E-state index in [-0.39, 0.29) is 22.3 Å². The maximum absolute atomic E-state index is 7.98. The van der Waals surface area contributed by atoms with Crippen LogP contribution in [0.25, 0.3) is 67.5 Å². The lowest BCUT2D eigenvalue weighted by molar-refractivity contribution is -0.661. The molecule has 6 aromatic heterocycles. The number of hydrogen-bond acceptors (Lipinski definition) is 0. The Kier molecular flexibility index (Phi) is 22.6. The Morgan fingerprint density at radius 1 is 0.225 bits per heavy atom. The Bertz CT molecular complexity index is 5210. The molecule has 0 amide bonds. The second-order valence-corrected chi connectivity index (χ2v) is 26.5. The first-order valence-electron chi connectivity index (χ1n) is 42.4. The lowest BCUT2D eigenvalue weighted by Gasteiger charge is -2.07. The first-order valence-corrected chi connectivity index (χ1v) is 35.4. The molecule has 0 aliphatic heterocycles. The van der Waals surface area contributed by atoms with Crippen molar-refractivity contribution in [3.8, 4) is 67.5 Å². The monoisotopic (exact) mass is 1370 g/mol. The van der Waals surface area contributed by atoms with Crippen molar-refractivity contribution in [2.75, 3.05) is 0 Å². The molecule has 0 fully saturated rings. The van der Waals surface area contributed by atoms with Gasteiger partial charge in [0.1, 0.15) is 42.3 Å². The van der Waals surface area contributed by atoms with Crippen LogP contribution in [0.2, 0.25) is 0 Å². The first kappa shape index (κ1) is 60.9. The summed E-state index contributed by atoms with van der Waals surface area (Å²) in [6, 6.07) is 61.3. The first-order chi connectivity index (χ1) is 53.9. The van der Waals surface area contributed by atoms with Crippen LogP contribution < -0.4 is 27.4 Å². The molecule has 528 valence electrons. The minimum absolute atomic E-state index is 0.0554. The van der Waals surface area contributed by atoms with Crippen LogP contribution in [-0.2, 0) is 80.6 Å². The quantitative estimate of drug-likeness (QED) is 0.109. The van der Waals surface area contributed by atoms with E-state index in [1.54, 1.807) is 49.2 Å². The second-order valence-electron chi connectivity index (χ2n) is 26.5. The standard InChI is InChI=1S/6C16H20N/c3*1-5-14-10-16(17(4)11-13(14)3)15-9-7-6-8-12(15)2;3*1-5-14-11-17(4)16(10-13(14)3)15-9-7-6-8-12(15)2/h6*6-11H,5H2,1-4H3/q6*+1/i2*3D3,5D2;;2*5D2;. The van der Waals surface area contributed by atoms with Crippen LogP contribution in [0.1, 0.15) is 161 Å². The second kappa shape index (κ2) is 37.8. The maximum atomic E-state index is 7.98. The van der Waals surface area contributed by atoms with E-state index in [4.69, 9.17) is 19.2 Å². The third-order valence-corrected chi connectivity index (χ3v) is 19.0. The zero-order chi connectivity index (χ0) is 86.7. The van der Waals surface area contributed by atoms with E-state index in [0.717, 1.165) is 80.1 Å². The van der Waals surface area contributed by atoms with E-state index < -0.39 is 39.2 Å². The van der Waals surface area contributed by atoms with Gasteiger partial charge in [0.05, 0.1) is 0 Å². The van der Waals surface area contributed by atoms with Gasteiger partial charge in [-0.2, -0.15) is 0 Å². The van der Waals surface area contributed by atoms with Crippen LogP contribution in [0.3, 0.4) is 0 Å². The molecule has 0 spiro atoms. The third kappa shape index (κ3) is 20.3. The van der Waals surface area contributed by atoms with E-state index in [9.17, 15) is 0 Å². The van der Waals surface area contributed by atoms with E-state index in [1.807, 2.05) is 136 Å². The molecule has 6 nitrogen and oxygen atoms in total. The van der Waals surface area contributed by atoms with Crippen LogP contribution in [0.4, 0.5) is 0 Å². The van der Waals surface area contributed by atoms with Crippen molar-refractivity contribution >= 4 is 0 Å². The minimum atomic E-state index is -2.35. The highest BCUT2D eigenvalue weighted by atomic mass is 14.9. The molecule has 0 atom stereocenters. The highest BCUT2D eigenvalue weighted by Crippen LogP contribution is 2.28. The summed E-state index contributed by atoms with van der Waals surface area (Å²) < 4.78 is 121. The third-order valence-electron chi connectivity index (χ3n) is 19.0. The Balaban J connectivity index is 0.000000193. The van der Waals surface area contributed by atoms with Crippen molar-refractivity contribution in [2.24, 2.45) is 42.3 Å². The normalized spacial score (nSPS) is 13.4. The van der Waals surface area contributed by atoms with Crippen LogP contribution in [-0.4, -0.2) is 0 Å². The lowest BCUT2D eigenvalue weighted by atomic mass is 10.0. The molecule has 0 saturated carbocycles. The topological polar surface area (TPSA) is 23.3 Å². The lowest BCUT2D eigenvalue weighted by Crippen LogP contribution is -2.32. The Morgan fingerprint density at radius 2 is 0.431 bits per heavy atom. The zero-order valence-electron chi connectivity index (χ0n) is 78.9. The van der Waals surface area contributed by atoms with Gasteiger partial charge in [-0.15, -0.1) is 0 Å². The van der Waals surface area contributed by atoms with E-state index in [2.05, 4.69) is 188 Å². The van der Waals surface area contributed by atoms with Gasteiger partial charge >= 0.3 is 0 Å². The van der Waals surface area contributed by atoms with Gasteiger partial charge in [-0.3, -0.25) is 0 Å². The van der Waals surface area contributed by atoms with Gasteiger partial charge in [-0.1, -0.05) is 151 Å². The molecular weight excluding hydrogens is 1240 g/mol. The highest BCUT2D eigenvalue weighted by molar-refractivity contribution is 5.66. The number of nitrogens with zero attached hydrogens (tertiary/aromatic N) is 6. The van der Waals surface area contributed by atoms with E-state index in [1.165, 1.54) is 104 Å². The summed E-state index contributed by atoms with van der Waals surface area (Å²) in [5.74, 6) is 0. The number of aryl methyl sites for hydroxylation is 24. The Morgan fingerprint density at radius 3 is 0.667 bits per heavy atom. The summed E-state index contributed by atoms with van der Waals surface area (Å²) in [5.41, 5.74) is 30.2. The number of benzene rings is 6. The predicted octanol–water partition coefficient (Wildman–Crippen LogP) is 20.1. The van der Waals surface area contributed by atoms with Crippen LogP contribution >= 0.6 is 0 Å². The van der Waals surface area contributed by atoms with Gasteiger partial charge in [0.2, 0.25) is 34.2 Å². The average Bonchev–Trinajstić information content (AvgIpc) is 0.787. The molecule has 0 radical (unpaired) electrons. The molecular formula is C96H120N6+6. The number of rotatable bonds is 12. The van der Waals surface area contributed by atoms with Gasteiger partial charge in [0.25, 0.3) is 0 Å². The molecule has 0 aliphatic carbocycles. The molecule has 6 heterocycles. The van der Waals surface area contributed by atoms with Crippen LogP contribution in [0, 0.1) is 82.9 Å². The van der Waals surface area contributed by atoms with Crippen molar-refractivity contribution in [3.05, 3.63) is 319 Å². The molecule has 0 N–H and O–H groups in total. The molecule has 6 aromatic carbocycles. The van der Waals surface area contributed by atoms with Crippen molar-refractivity contribution in [1.82, 2.24) is 0 Å². The fourth-order valence-corrected chi connectivity index (χ4v) is 12.9. The fraction of sp³-hybridized carbons (Fsp3) is 0.312. The molecule has 6 heteroatoms. The molecule has 102 heavy (non-hydrogen) atoms. The summed E-state index contributed by atoms with van der Waals surface area (Å²) in [7, 11) is 11.7. The molecule has 12 aromatic rings. The highest BCUT2D eigenvalue weighted by Gasteiger charge is 2.21. The largest absolute Gasteiger partial charge is 0.212 e. The van der Waals surface area contributed by atoms with Crippen molar-refractivity contribution in [3.63, 3.8) is 0 Å². The van der Waals surface area contributed by atoms with E-state index in [0.29, 0.717) is 0 Å². The summed E-state index contributed by atoms with van der Waals surface area (Å²) in [5, 5.41) is 0. The number of pyridine rings is 6. The van der Waals surface area contributed by atoms with Crippen molar-refractivity contribution < 1.29 is 46.6 Å². The smallest absolute Gasteiger partial charge is 0.201 e. The van der Waals surface area contributed by atoms with Crippen LogP contribution in [0.15, 0.2) is 219 Å². The van der Waals surface area contributed by atoms with Gasteiger partial charge in [-0.05, 0) is 224 Å². The number of aromatic nitrogens is 6. The van der Waals surface area contributed by atoms with Crippen molar-refractivity contribution in [2.45, 2.75) is 163 Å². The average molecular weight is 1370 g/mol. The van der Waals surface area contributed by atoms with Gasteiger partial charge in [-0.25, -0.2) is 27.4 Å². The predicted molar refractivity (Wildman–Crippen MR) is 431 cm³/mol. The summed E-state index contributed by atoms with van der Waals surface area (Å²) in [4.78, 5) is 0. The summed E-state index contributed by atoms with van der Waals surface area (Å²) in [6.07, 6.45) is 7.41. The van der Waals surface area contributed by atoms with Gasteiger partial charge in [0, 0.05) is 122 Å². The van der Waals surface area contributed by atoms with E-state index >= 15 is 0 Å². The Hall–Kier alpha value is -9.78. The molecule has 0 unspecified atom stereocenters. The number of hydrogen-bond donors (Lipinski definition) is 0. The maximum Gasteiger partial charge on any atom is 0.212 e. The zero-order valence-corrected chi connectivity index (χ0v) is 64.9. The summed E-state index contributed by atoms with van der Waals surface area (Å²) >= 11 is 0.